The van der Waals surface area contributed by atoms with Gasteiger partial charge in [0.05, 0.1) is 11.7 Å². The second kappa shape index (κ2) is 7.28. The third-order valence-corrected chi connectivity index (χ3v) is 8.46. The van der Waals surface area contributed by atoms with E-state index in [9.17, 15) is 18.3 Å². The van der Waals surface area contributed by atoms with Crippen molar-refractivity contribution in [3.05, 3.63) is 50.0 Å². The van der Waals surface area contributed by atoms with Crippen LogP contribution in [0.2, 0.25) is 0 Å². The zero-order valence-corrected chi connectivity index (χ0v) is 19.8. The van der Waals surface area contributed by atoms with Crippen molar-refractivity contribution in [2.75, 3.05) is 0 Å². The summed E-state index contributed by atoms with van der Waals surface area (Å²) in [5, 5.41) is 11.3. The van der Waals surface area contributed by atoms with Gasteiger partial charge in [-0.3, -0.25) is 4.98 Å². The van der Waals surface area contributed by atoms with Gasteiger partial charge in [-0.2, -0.15) is 13.2 Å². The van der Waals surface area contributed by atoms with Crippen LogP contribution in [0.4, 0.5) is 13.2 Å². The summed E-state index contributed by atoms with van der Waals surface area (Å²) >= 11 is 0.761. The lowest BCUT2D eigenvalue weighted by Crippen LogP contribution is -2.32. The molecule has 0 bridgehead atoms. The van der Waals surface area contributed by atoms with E-state index in [1.165, 1.54) is 0 Å². The van der Waals surface area contributed by atoms with E-state index in [2.05, 4.69) is 27.7 Å². The van der Waals surface area contributed by atoms with Crippen molar-refractivity contribution < 1.29 is 23.0 Å². The van der Waals surface area contributed by atoms with E-state index in [4.69, 9.17) is 9.72 Å². The first-order valence-corrected chi connectivity index (χ1v) is 12.3. The summed E-state index contributed by atoms with van der Waals surface area (Å²) in [6.07, 6.45) is -0.452. The van der Waals surface area contributed by atoms with Crippen molar-refractivity contribution in [3.8, 4) is 0 Å². The Bertz CT molecular complexity index is 1050. The predicted molar refractivity (Wildman–Crippen MR) is 118 cm³/mol. The average Bonchev–Trinajstić information content (AvgIpc) is 3.39. The van der Waals surface area contributed by atoms with E-state index < -0.39 is 28.9 Å². The monoisotopic (exact) mass is 465 g/mol. The van der Waals surface area contributed by atoms with Crippen LogP contribution in [-0.4, -0.2) is 10.1 Å². The van der Waals surface area contributed by atoms with Crippen LogP contribution < -0.4 is 0 Å². The fraction of sp³-hybridized carbons (Fsp3) is 0.640. The zero-order chi connectivity index (χ0) is 23.1. The molecular formula is C25H30F3NO2S. The van der Waals surface area contributed by atoms with Crippen LogP contribution in [0.25, 0.3) is 0 Å². The molecule has 1 spiro atoms. The minimum absolute atomic E-state index is 0.0566. The molecule has 1 N–H and O–H groups in total. The Morgan fingerprint density at radius 2 is 1.84 bits per heavy atom. The number of rotatable bonds is 2. The number of pyridine rings is 1. The molecule has 2 unspecified atom stereocenters. The number of hydrogen-bond donors (Lipinski definition) is 1. The number of aliphatic hydroxyl groups is 1. The molecule has 2 aromatic rings. The van der Waals surface area contributed by atoms with Gasteiger partial charge in [-0.1, -0.05) is 40.5 Å². The first-order chi connectivity index (χ1) is 14.9. The van der Waals surface area contributed by atoms with Crippen molar-refractivity contribution in [1.29, 1.82) is 0 Å². The van der Waals surface area contributed by atoms with Crippen molar-refractivity contribution in [2.45, 2.75) is 96.1 Å². The summed E-state index contributed by atoms with van der Waals surface area (Å²) in [6.45, 7) is 8.45. The molecule has 5 rings (SSSR count). The van der Waals surface area contributed by atoms with Crippen LogP contribution in [0.5, 0.6) is 0 Å². The molecule has 3 heterocycles. The van der Waals surface area contributed by atoms with E-state index in [1.807, 2.05) is 0 Å². The van der Waals surface area contributed by atoms with Crippen LogP contribution >= 0.6 is 11.3 Å². The van der Waals surface area contributed by atoms with Gasteiger partial charge < -0.3 is 9.84 Å². The lowest BCUT2D eigenvalue weighted by molar-refractivity contribution is -0.134. The van der Waals surface area contributed by atoms with Crippen LogP contribution in [0.15, 0.2) is 12.1 Å². The Kier molecular flexibility index (Phi) is 5.08. The topological polar surface area (TPSA) is 42.4 Å². The lowest BCUT2D eigenvalue weighted by Gasteiger charge is -2.38. The van der Waals surface area contributed by atoms with Crippen molar-refractivity contribution in [3.63, 3.8) is 0 Å². The van der Waals surface area contributed by atoms with Crippen LogP contribution in [0.1, 0.15) is 116 Å². The predicted octanol–water partition coefficient (Wildman–Crippen LogP) is 7.18. The number of aromatic nitrogens is 1. The van der Waals surface area contributed by atoms with E-state index >= 15 is 0 Å². The SMILES string of the molecule is CC(C)c1nc2c(c3c1C(c1ccc(C(F)(F)F)s1)OC31CCCC1)C(O)CC(C)(C)C2. The first-order valence-electron chi connectivity index (χ1n) is 11.5. The summed E-state index contributed by atoms with van der Waals surface area (Å²) in [5.74, 6) is 0.0981. The Balaban J connectivity index is 1.76. The summed E-state index contributed by atoms with van der Waals surface area (Å²) in [5.41, 5.74) is 4.09. The molecule has 1 aliphatic heterocycles. The number of nitrogens with zero attached hydrogens (tertiary/aromatic N) is 1. The van der Waals surface area contributed by atoms with Gasteiger partial charge in [0.1, 0.15) is 11.0 Å². The molecule has 0 aromatic carbocycles. The first kappa shape index (κ1) is 22.4. The zero-order valence-electron chi connectivity index (χ0n) is 19.0. The number of hydrogen-bond acceptors (Lipinski definition) is 4. The number of halogens is 3. The molecule has 0 radical (unpaired) electrons. The lowest BCUT2D eigenvalue weighted by atomic mass is 9.70. The van der Waals surface area contributed by atoms with Crippen molar-refractivity contribution in [2.24, 2.45) is 5.41 Å². The molecule has 3 nitrogen and oxygen atoms in total. The summed E-state index contributed by atoms with van der Waals surface area (Å²) in [4.78, 5) is 5.02. The van der Waals surface area contributed by atoms with Crippen LogP contribution in [-0.2, 0) is 22.9 Å². The fourth-order valence-electron chi connectivity index (χ4n) is 6.03. The molecule has 1 saturated carbocycles. The smallest absolute Gasteiger partial charge is 0.388 e. The highest BCUT2D eigenvalue weighted by Crippen LogP contribution is 2.60. The highest BCUT2D eigenvalue weighted by molar-refractivity contribution is 7.12. The molecule has 174 valence electrons. The van der Waals surface area contributed by atoms with Gasteiger partial charge in [0, 0.05) is 27.4 Å². The second-order valence-corrected chi connectivity index (χ2v) is 11.9. The number of thiophene rings is 1. The van der Waals surface area contributed by atoms with Crippen LogP contribution in [0, 0.1) is 5.41 Å². The van der Waals surface area contributed by atoms with E-state index in [-0.39, 0.29) is 11.3 Å². The quantitative estimate of drug-likeness (QED) is 0.511. The maximum atomic E-state index is 13.4. The largest absolute Gasteiger partial charge is 0.425 e. The van der Waals surface area contributed by atoms with Gasteiger partial charge in [-0.05, 0) is 54.7 Å². The summed E-state index contributed by atoms with van der Waals surface area (Å²) in [7, 11) is 0. The highest BCUT2D eigenvalue weighted by Gasteiger charge is 2.53. The van der Waals surface area contributed by atoms with Gasteiger partial charge in [-0.15, -0.1) is 11.3 Å². The van der Waals surface area contributed by atoms with E-state index in [0.29, 0.717) is 11.3 Å². The van der Waals surface area contributed by atoms with Crippen LogP contribution in [0.3, 0.4) is 0 Å². The average molecular weight is 466 g/mol. The molecular weight excluding hydrogens is 435 g/mol. The number of alkyl halides is 3. The standard InChI is InChI=1S/C25H30F3NO2S/c1-13(2)21-19-20(18-14(29-21)11-23(3,4)12-15(18)30)24(9-5-6-10-24)31-22(19)16-7-8-17(32-16)25(26,27)28/h7-8,13,15,22,30H,5-6,9-12H2,1-4H3. The minimum Gasteiger partial charge on any atom is -0.388 e. The van der Waals surface area contributed by atoms with Gasteiger partial charge in [0.2, 0.25) is 0 Å². The van der Waals surface area contributed by atoms with E-state index in [0.717, 1.165) is 77.6 Å². The molecule has 0 amide bonds. The number of aliphatic hydroxyl groups excluding tert-OH is 1. The Morgan fingerprint density at radius 3 is 2.44 bits per heavy atom. The third-order valence-electron chi connectivity index (χ3n) is 7.29. The molecule has 2 atom stereocenters. The molecule has 3 aliphatic rings. The highest BCUT2D eigenvalue weighted by atomic mass is 32.1. The maximum Gasteiger partial charge on any atom is 0.425 e. The van der Waals surface area contributed by atoms with Crippen molar-refractivity contribution >= 4 is 11.3 Å². The maximum absolute atomic E-state index is 13.4. The minimum atomic E-state index is -4.37. The Hall–Kier alpha value is -1.44. The Labute approximate surface area is 191 Å². The molecule has 2 aliphatic carbocycles. The van der Waals surface area contributed by atoms with E-state index in [1.54, 1.807) is 6.07 Å². The van der Waals surface area contributed by atoms with Crippen molar-refractivity contribution in [1.82, 2.24) is 4.98 Å². The summed E-state index contributed by atoms with van der Waals surface area (Å²) < 4.78 is 46.8. The third kappa shape index (κ3) is 3.43. The molecule has 0 saturated heterocycles. The van der Waals surface area contributed by atoms with Gasteiger partial charge in [0.25, 0.3) is 0 Å². The second-order valence-electron chi connectivity index (χ2n) is 10.8. The molecule has 1 fully saturated rings. The molecule has 2 aromatic heterocycles. The normalized spacial score (nSPS) is 26.0. The van der Waals surface area contributed by atoms with Gasteiger partial charge in [-0.25, -0.2) is 0 Å². The Morgan fingerprint density at radius 1 is 1.16 bits per heavy atom. The number of ether oxygens (including phenoxy) is 1. The van der Waals surface area contributed by atoms with Gasteiger partial charge in [0.15, 0.2) is 0 Å². The molecule has 32 heavy (non-hydrogen) atoms. The van der Waals surface area contributed by atoms with Gasteiger partial charge >= 0.3 is 6.18 Å². The molecule has 7 heteroatoms. The fourth-order valence-corrected chi connectivity index (χ4v) is 6.94. The number of fused-ring (bicyclic) bond motifs is 4. The summed E-state index contributed by atoms with van der Waals surface area (Å²) in [6, 6.07) is 2.71.